The van der Waals surface area contributed by atoms with Crippen molar-refractivity contribution in [1.29, 1.82) is 0 Å². The normalized spacial score (nSPS) is 13.1. The second-order valence-electron chi connectivity index (χ2n) is 7.65. The van der Waals surface area contributed by atoms with Crippen LogP contribution in [0.5, 0.6) is 0 Å². The summed E-state index contributed by atoms with van der Waals surface area (Å²) in [6.45, 7) is 0.540. The SMILES string of the molecule is NC(N)=NCCCC(N)C(=O)NC(Cc1ccccc1)C(=O)NC(CCCN=C(N)N)C(=O)O. The molecule has 13 heteroatoms. The first-order valence-electron chi connectivity index (χ1n) is 10.8. The number of carbonyl (C=O) groups is 3. The van der Waals surface area contributed by atoms with E-state index in [1.807, 2.05) is 6.07 Å². The van der Waals surface area contributed by atoms with Crippen LogP contribution in [-0.4, -0.2) is 66.0 Å². The fraction of sp³-hybridized carbons (Fsp3) is 0.476. The quantitative estimate of drug-likeness (QED) is 0.0768. The molecule has 0 heterocycles. The zero-order valence-electron chi connectivity index (χ0n) is 19.0. The number of aliphatic carboxylic acids is 1. The molecule has 3 unspecified atom stereocenters. The molecule has 1 aromatic rings. The van der Waals surface area contributed by atoms with E-state index in [0.29, 0.717) is 25.8 Å². The molecule has 0 aliphatic carbocycles. The average molecular weight is 478 g/mol. The summed E-state index contributed by atoms with van der Waals surface area (Å²) in [5.74, 6) is -2.54. The van der Waals surface area contributed by atoms with E-state index in [1.54, 1.807) is 24.3 Å². The highest BCUT2D eigenvalue weighted by Crippen LogP contribution is 2.07. The lowest BCUT2D eigenvalue weighted by molar-refractivity contribution is -0.142. The maximum atomic E-state index is 13.0. The first-order valence-corrected chi connectivity index (χ1v) is 10.8. The number of aliphatic imine (C=N–C) groups is 2. The molecule has 13 N–H and O–H groups in total. The van der Waals surface area contributed by atoms with Gasteiger partial charge in [-0.05, 0) is 31.2 Å². The van der Waals surface area contributed by atoms with Crippen LogP contribution in [0.2, 0.25) is 0 Å². The van der Waals surface area contributed by atoms with Crippen molar-refractivity contribution in [2.24, 2.45) is 38.7 Å². The Kier molecular flexibility index (Phi) is 12.5. The molecule has 0 saturated heterocycles. The van der Waals surface area contributed by atoms with Crippen LogP contribution in [0.25, 0.3) is 0 Å². The van der Waals surface area contributed by atoms with E-state index in [0.717, 1.165) is 5.56 Å². The van der Waals surface area contributed by atoms with Crippen LogP contribution >= 0.6 is 0 Å². The van der Waals surface area contributed by atoms with Gasteiger partial charge in [-0.25, -0.2) is 4.79 Å². The van der Waals surface area contributed by atoms with Crippen molar-refractivity contribution < 1.29 is 19.5 Å². The summed E-state index contributed by atoms with van der Waals surface area (Å²) in [6, 6.07) is 5.91. The Hall–Kier alpha value is -3.87. The summed E-state index contributed by atoms with van der Waals surface area (Å²) < 4.78 is 0. The van der Waals surface area contributed by atoms with E-state index in [9.17, 15) is 19.5 Å². The van der Waals surface area contributed by atoms with Crippen molar-refractivity contribution in [3.63, 3.8) is 0 Å². The summed E-state index contributed by atoms with van der Waals surface area (Å²) in [6.07, 6.45) is 1.36. The van der Waals surface area contributed by atoms with Crippen LogP contribution in [0.3, 0.4) is 0 Å². The summed E-state index contributed by atoms with van der Waals surface area (Å²) >= 11 is 0. The monoisotopic (exact) mass is 477 g/mol. The van der Waals surface area contributed by atoms with Crippen molar-refractivity contribution in [1.82, 2.24) is 10.6 Å². The maximum absolute atomic E-state index is 13.0. The Labute approximate surface area is 198 Å². The lowest BCUT2D eigenvalue weighted by atomic mass is 10.0. The standard InChI is InChI=1S/C21H35N9O4/c22-14(8-4-10-27-20(23)24)17(31)30-16(12-13-6-2-1-3-7-13)18(32)29-15(19(33)34)9-5-11-28-21(25)26/h1-3,6-7,14-16H,4-5,8-12,22H2,(H,29,32)(H,30,31)(H,33,34)(H4,23,24,27)(H4,25,26,28). The zero-order valence-corrected chi connectivity index (χ0v) is 19.0. The van der Waals surface area contributed by atoms with Crippen molar-refractivity contribution in [3.05, 3.63) is 35.9 Å². The molecule has 188 valence electrons. The first-order chi connectivity index (χ1) is 16.1. The van der Waals surface area contributed by atoms with E-state index in [4.69, 9.17) is 28.7 Å². The number of rotatable bonds is 15. The van der Waals surface area contributed by atoms with Crippen LogP contribution in [0.4, 0.5) is 0 Å². The first kappa shape index (κ1) is 28.2. The van der Waals surface area contributed by atoms with Gasteiger partial charge in [0.1, 0.15) is 12.1 Å². The molecule has 0 aliphatic heterocycles. The lowest BCUT2D eigenvalue weighted by Crippen LogP contribution is -2.55. The molecule has 0 aromatic heterocycles. The summed E-state index contributed by atoms with van der Waals surface area (Å²) in [5, 5.41) is 14.6. The summed E-state index contributed by atoms with van der Waals surface area (Å²) in [7, 11) is 0. The fourth-order valence-corrected chi connectivity index (χ4v) is 3.02. The number of guanidine groups is 2. The smallest absolute Gasteiger partial charge is 0.326 e. The van der Waals surface area contributed by atoms with E-state index >= 15 is 0 Å². The predicted molar refractivity (Wildman–Crippen MR) is 129 cm³/mol. The largest absolute Gasteiger partial charge is 0.480 e. The molecule has 34 heavy (non-hydrogen) atoms. The van der Waals surface area contributed by atoms with Crippen LogP contribution in [0, 0.1) is 0 Å². The van der Waals surface area contributed by atoms with Gasteiger partial charge in [-0.3, -0.25) is 19.6 Å². The van der Waals surface area contributed by atoms with E-state index < -0.39 is 35.9 Å². The van der Waals surface area contributed by atoms with Gasteiger partial charge in [0.25, 0.3) is 0 Å². The molecule has 2 amide bonds. The third-order valence-corrected chi connectivity index (χ3v) is 4.78. The minimum absolute atomic E-state index is 0.0519. The minimum Gasteiger partial charge on any atom is -0.480 e. The van der Waals surface area contributed by atoms with Gasteiger partial charge in [0.05, 0.1) is 6.04 Å². The molecule has 0 fully saturated rings. The van der Waals surface area contributed by atoms with Crippen LogP contribution < -0.4 is 39.3 Å². The topological polar surface area (TPSA) is 250 Å². The number of benzene rings is 1. The molecular weight excluding hydrogens is 442 g/mol. The van der Waals surface area contributed by atoms with Crippen molar-refractivity contribution in [3.8, 4) is 0 Å². The molecule has 0 radical (unpaired) electrons. The number of hydrogen-bond acceptors (Lipinski definition) is 6. The number of amides is 2. The third-order valence-electron chi connectivity index (χ3n) is 4.78. The van der Waals surface area contributed by atoms with Gasteiger partial charge in [-0.2, -0.15) is 0 Å². The Balaban J connectivity index is 2.83. The number of nitrogens with one attached hydrogen (secondary N) is 2. The highest BCUT2D eigenvalue weighted by molar-refractivity contribution is 5.92. The van der Waals surface area contributed by atoms with Crippen LogP contribution in [0.1, 0.15) is 31.2 Å². The van der Waals surface area contributed by atoms with Crippen LogP contribution in [-0.2, 0) is 20.8 Å². The molecule has 1 aromatic carbocycles. The van der Waals surface area contributed by atoms with Crippen LogP contribution in [0.15, 0.2) is 40.3 Å². The number of carboxylic acid groups (broad SMARTS) is 1. The molecule has 0 spiro atoms. The molecule has 0 saturated carbocycles. The molecule has 13 nitrogen and oxygen atoms in total. The zero-order chi connectivity index (χ0) is 25.5. The highest BCUT2D eigenvalue weighted by Gasteiger charge is 2.28. The van der Waals surface area contributed by atoms with Gasteiger partial charge < -0.3 is 44.4 Å². The lowest BCUT2D eigenvalue weighted by Gasteiger charge is -2.23. The van der Waals surface area contributed by atoms with Gasteiger partial charge in [0, 0.05) is 19.5 Å². The van der Waals surface area contributed by atoms with E-state index in [1.165, 1.54) is 0 Å². The minimum atomic E-state index is -1.21. The molecule has 3 atom stereocenters. The molecule has 0 bridgehead atoms. The van der Waals surface area contributed by atoms with E-state index in [-0.39, 0.29) is 31.3 Å². The molecule has 1 rings (SSSR count). The van der Waals surface area contributed by atoms with Gasteiger partial charge in [0.15, 0.2) is 11.9 Å². The van der Waals surface area contributed by atoms with E-state index in [2.05, 4.69) is 20.6 Å². The number of nitrogens with zero attached hydrogens (tertiary/aromatic N) is 2. The average Bonchev–Trinajstić information content (AvgIpc) is 2.78. The Morgan fingerprint density at radius 2 is 1.35 bits per heavy atom. The summed E-state index contributed by atoms with van der Waals surface area (Å²) in [5.41, 5.74) is 27.8. The predicted octanol–water partition coefficient (Wildman–Crippen LogP) is -2.28. The number of carboxylic acids is 1. The molecular formula is C21H35N9O4. The van der Waals surface area contributed by atoms with Crippen molar-refractivity contribution >= 4 is 29.7 Å². The highest BCUT2D eigenvalue weighted by atomic mass is 16.4. The number of hydrogen-bond donors (Lipinski definition) is 8. The second kappa shape index (κ2) is 15.1. The van der Waals surface area contributed by atoms with Gasteiger partial charge in [-0.15, -0.1) is 0 Å². The van der Waals surface area contributed by atoms with Gasteiger partial charge in [-0.1, -0.05) is 30.3 Å². The Morgan fingerprint density at radius 3 is 1.88 bits per heavy atom. The second-order valence-corrected chi connectivity index (χ2v) is 7.65. The molecule has 0 aliphatic rings. The Bertz CT molecular complexity index is 853. The third kappa shape index (κ3) is 11.7. The van der Waals surface area contributed by atoms with Gasteiger partial charge in [0.2, 0.25) is 11.8 Å². The summed E-state index contributed by atoms with van der Waals surface area (Å²) in [4.78, 5) is 44.8. The number of nitrogens with two attached hydrogens (primary N) is 5. The van der Waals surface area contributed by atoms with Crippen molar-refractivity contribution in [2.45, 2.75) is 50.2 Å². The van der Waals surface area contributed by atoms with Gasteiger partial charge >= 0.3 is 5.97 Å². The fourth-order valence-electron chi connectivity index (χ4n) is 3.02. The number of carbonyl (C=O) groups excluding carboxylic acids is 2. The maximum Gasteiger partial charge on any atom is 0.326 e. The Morgan fingerprint density at radius 1 is 0.824 bits per heavy atom. The van der Waals surface area contributed by atoms with Crippen molar-refractivity contribution in [2.75, 3.05) is 13.1 Å².